The predicted molar refractivity (Wildman–Crippen MR) is 175 cm³/mol. The number of nitrogens with one attached hydrogen (secondary N) is 1. The van der Waals surface area contributed by atoms with E-state index in [0.29, 0.717) is 22.4 Å². The molecule has 2 aromatic carbocycles. The standard InChI is InChI=1S/C32H38IN3O4S/c1-21-13-15-24(16-14-21)34-29(37)20-40-30-26(33)17-22(18-27(30)39-2)19-28-31(38)36(25-11-7-4-8-12-25)32(41-28)35-23-9-5-3-6-10-23/h13-19,23,25H,3-12,20H2,1-2H3,(H,34,37). The van der Waals surface area contributed by atoms with Crippen molar-refractivity contribution >= 4 is 63.1 Å². The summed E-state index contributed by atoms with van der Waals surface area (Å²) in [4.78, 5) is 34.1. The average Bonchev–Trinajstić information content (AvgIpc) is 3.28. The van der Waals surface area contributed by atoms with Gasteiger partial charge in [0.1, 0.15) is 0 Å². The van der Waals surface area contributed by atoms with Crippen molar-refractivity contribution in [3.63, 3.8) is 0 Å². The molecule has 2 saturated carbocycles. The zero-order chi connectivity index (χ0) is 28.8. The van der Waals surface area contributed by atoms with E-state index in [1.165, 1.54) is 37.4 Å². The van der Waals surface area contributed by atoms with E-state index in [1.54, 1.807) is 7.11 Å². The van der Waals surface area contributed by atoms with Crippen molar-refractivity contribution in [2.24, 2.45) is 4.99 Å². The summed E-state index contributed by atoms with van der Waals surface area (Å²) in [5.41, 5.74) is 2.70. The quantitative estimate of drug-likeness (QED) is 0.229. The molecule has 7 nitrogen and oxygen atoms in total. The number of ether oxygens (including phenoxy) is 2. The predicted octanol–water partition coefficient (Wildman–Crippen LogP) is 7.56. The Kier molecular flexibility index (Phi) is 10.3. The summed E-state index contributed by atoms with van der Waals surface area (Å²) in [6.07, 6.45) is 13.5. The van der Waals surface area contributed by atoms with Gasteiger partial charge < -0.3 is 14.8 Å². The van der Waals surface area contributed by atoms with Gasteiger partial charge in [-0.15, -0.1) is 0 Å². The molecule has 0 bridgehead atoms. The molecular weight excluding hydrogens is 649 g/mol. The minimum atomic E-state index is -0.251. The highest BCUT2D eigenvalue weighted by Gasteiger charge is 2.39. The number of amides is 2. The monoisotopic (exact) mass is 687 g/mol. The lowest BCUT2D eigenvalue weighted by atomic mass is 9.94. The molecular formula is C32H38IN3O4S. The summed E-state index contributed by atoms with van der Waals surface area (Å²) in [7, 11) is 1.58. The first kappa shape index (κ1) is 29.9. The first-order chi connectivity index (χ1) is 19.9. The maximum absolute atomic E-state index is 13.8. The Morgan fingerprint density at radius 2 is 1.76 bits per heavy atom. The maximum Gasteiger partial charge on any atom is 0.266 e. The second kappa shape index (κ2) is 14.1. The normalized spacial score (nSPS) is 20.6. The Balaban J connectivity index is 1.33. The molecule has 0 atom stereocenters. The molecule has 0 spiro atoms. The zero-order valence-corrected chi connectivity index (χ0v) is 26.8. The minimum Gasteiger partial charge on any atom is -0.493 e. The number of carbonyl (C=O) groups excluding carboxylic acids is 2. The van der Waals surface area contributed by atoms with Gasteiger partial charge in [-0.05, 0) is 103 Å². The lowest BCUT2D eigenvalue weighted by Crippen LogP contribution is -2.41. The number of amidine groups is 1. The molecule has 2 aromatic rings. The number of carbonyl (C=O) groups is 2. The zero-order valence-electron chi connectivity index (χ0n) is 23.8. The number of hydrogen-bond acceptors (Lipinski definition) is 6. The molecule has 1 N–H and O–H groups in total. The molecule has 41 heavy (non-hydrogen) atoms. The Labute approximate surface area is 260 Å². The molecule has 1 saturated heterocycles. The van der Waals surface area contributed by atoms with Gasteiger partial charge in [0, 0.05) is 11.7 Å². The van der Waals surface area contributed by atoms with E-state index in [1.807, 2.05) is 54.3 Å². The van der Waals surface area contributed by atoms with Crippen molar-refractivity contribution < 1.29 is 19.1 Å². The lowest BCUT2D eigenvalue weighted by molar-refractivity contribution is -0.124. The molecule has 9 heteroatoms. The van der Waals surface area contributed by atoms with Gasteiger partial charge in [0.25, 0.3) is 11.8 Å². The third-order valence-corrected chi connectivity index (χ3v) is 9.68. The van der Waals surface area contributed by atoms with Crippen LogP contribution in [0.15, 0.2) is 46.3 Å². The van der Waals surface area contributed by atoms with Crippen LogP contribution in [0.5, 0.6) is 11.5 Å². The fourth-order valence-corrected chi connectivity index (χ4v) is 7.58. The Morgan fingerprint density at radius 3 is 2.44 bits per heavy atom. The van der Waals surface area contributed by atoms with Crippen LogP contribution in [0.1, 0.15) is 75.3 Å². The van der Waals surface area contributed by atoms with E-state index in [4.69, 9.17) is 14.5 Å². The van der Waals surface area contributed by atoms with E-state index < -0.39 is 0 Å². The molecule has 1 aliphatic heterocycles. The second-order valence-electron chi connectivity index (χ2n) is 11.0. The van der Waals surface area contributed by atoms with Crippen LogP contribution in [0.25, 0.3) is 6.08 Å². The van der Waals surface area contributed by atoms with Crippen molar-refractivity contribution in [3.8, 4) is 11.5 Å². The number of aryl methyl sites for hydroxylation is 1. The van der Waals surface area contributed by atoms with Crippen LogP contribution in [0.2, 0.25) is 0 Å². The Hall–Kier alpha value is -2.53. The van der Waals surface area contributed by atoms with Crippen LogP contribution >= 0.6 is 34.4 Å². The lowest BCUT2D eigenvalue weighted by Gasteiger charge is -2.31. The molecule has 3 fully saturated rings. The van der Waals surface area contributed by atoms with Gasteiger partial charge in [0.2, 0.25) is 0 Å². The van der Waals surface area contributed by atoms with Crippen LogP contribution in [-0.4, -0.2) is 47.7 Å². The van der Waals surface area contributed by atoms with E-state index in [9.17, 15) is 9.59 Å². The van der Waals surface area contributed by atoms with Crippen LogP contribution in [-0.2, 0) is 9.59 Å². The highest BCUT2D eigenvalue weighted by molar-refractivity contribution is 14.1. The first-order valence-electron chi connectivity index (χ1n) is 14.6. The fourth-order valence-electron chi connectivity index (χ4n) is 5.69. The number of hydrogen-bond donors (Lipinski definition) is 1. The summed E-state index contributed by atoms with van der Waals surface area (Å²) in [6.45, 7) is 1.85. The van der Waals surface area contributed by atoms with Gasteiger partial charge in [-0.3, -0.25) is 19.5 Å². The highest BCUT2D eigenvalue weighted by atomic mass is 127. The van der Waals surface area contributed by atoms with Gasteiger partial charge in [0.05, 0.1) is 21.6 Å². The van der Waals surface area contributed by atoms with Crippen LogP contribution < -0.4 is 14.8 Å². The minimum absolute atomic E-state index is 0.0542. The third-order valence-electron chi connectivity index (χ3n) is 7.88. The summed E-state index contributed by atoms with van der Waals surface area (Å²) < 4.78 is 12.3. The molecule has 0 unspecified atom stereocenters. The number of benzene rings is 2. The van der Waals surface area contributed by atoms with E-state index in [-0.39, 0.29) is 24.5 Å². The van der Waals surface area contributed by atoms with Crippen molar-refractivity contribution in [3.05, 3.63) is 56.0 Å². The molecule has 5 rings (SSSR count). The highest BCUT2D eigenvalue weighted by Crippen LogP contribution is 2.40. The third kappa shape index (κ3) is 7.66. The van der Waals surface area contributed by atoms with E-state index in [0.717, 1.165) is 64.1 Å². The van der Waals surface area contributed by atoms with Gasteiger partial charge in [0.15, 0.2) is 23.3 Å². The SMILES string of the molecule is COc1cc(C=C2SC(=NC3CCCCC3)N(C3CCCCC3)C2=O)cc(I)c1OCC(=O)Nc1ccc(C)cc1. The fraction of sp³-hybridized carbons (Fsp3) is 0.469. The van der Waals surface area contributed by atoms with E-state index in [2.05, 4.69) is 27.9 Å². The van der Waals surface area contributed by atoms with Crippen molar-refractivity contribution in [1.29, 1.82) is 0 Å². The average molecular weight is 688 g/mol. The molecule has 0 aromatic heterocycles. The summed E-state index contributed by atoms with van der Waals surface area (Å²) in [5.74, 6) is 0.822. The number of nitrogens with zero attached hydrogens (tertiary/aromatic N) is 2. The van der Waals surface area contributed by atoms with Gasteiger partial charge >= 0.3 is 0 Å². The molecule has 0 radical (unpaired) electrons. The van der Waals surface area contributed by atoms with Crippen LogP contribution in [0.4, 0.5) is 5.69 Å². The number of anilines is 1. The summed E-state index contributed by atoms with van der Waals surface area (Å²) in [6, 6.07) is 12.0. The Bertz CT molecular complexity index is 1310. The summed E-state index contributed by atoms with van der Waals surface area (Å²) in [5, 5.41) is 3.73. The van der Waals surface area contributed by atoms with Crippen molar-refractivity contribution in [2.75, 3.05) is 19.0 Å². The van der Waals surface area contributed by atoms with Crippen LogP contribution in [0.3, 0.4) is 0 Å². The summed E-state index contributed by atoms with van der Waals surface area (Å²) >= 11 is 3.70. The molecule has 1 heterocycles. The first-order valence-corrected chi connectivity index (χ1v) is 16.5. The largest absolute Gasteiger partial charge is 0.493 e. The topological polar surface area (TPSA) is 80.2 Å². The van der Waals surface area contributed by atoms with E-state index >= 15 is 0 Å². The maximum atomic E-state index is 13.8. The molecule has 2 amide bonds. The molecule has 2 aliphatic carbocycles. The van der Waals surface area contributed by atoms with Gasteiger partial charge in [-0.25, -0.2) is 0 Å². The number of methoxy groups -OCH3 is 1. The second-order valence-corrected chi connectivity index (χ2v) is 13.2. The van der Waals surface area contributed by atoms with Gasteiger partial charge in [-0.2, -0.15) is 0 Å². The van der Waals surface area contributed by atoms with Crippen molar-refractivity contribution in [1.82, 2.24) is 4.90 Å². The number of thioether (sulfide) groups is 1. The molecule has 3 aliphatic rings. The van der Waals surface area contributed by atoms with Crippen molar-refractivity contribution in [2.45, 2.75) is 83.2 Å². The smallest absolute Gasteiger partial charge is 0.266 e. The van der Waals surface area contributed by atoms with Gasteiger partial charge in [-0.1, -0.05) is 56.2 Å². The Morgan fingerprint density at radius 1 is 1.07 bits per heavy atom. The van der Waals surface area contributed by atoms with Crippen LogP contribution in [0, 0.1) is 10.5 Å². The number of rotatable bonds is 8. The molecule has 218 valence electrons. The number of aliphatic imine (C=N–C) groups is 1. The number of halogens is 1.